The number of hydrogen-bond acceptors (Lipinski definition) is 8. The third-order valence-electron chi connectivity index (χ3n) is 8.37. The maximum atomic E-state index is 11.0. The molecule has 0 atom stereocenters. The largest absolute Gasteiger partial charge is 0.481 e. The van der Waals surface area contributed by atoms with Crippen LogP contribution in [0.15, 0.2) is 23.3 Å². The van der Waals surface area contributed by atoms with Crippen molar-refractivity contribution in [3.8, 4) is 11.9 Å². The molecule has 4 heterocycles. The summed E-state index contributed by atoms with van der Waals surface area (Å²) >= 11 is 0. The number of nitrogens with zero attached hydrogens (tertiary/aromatic N) is 5. The van der Waals surface area contributed by atoms with Crippen LogP contribution in [0.2, 0.25) is 0 Å². The Bertz CT molecular complexity index is 1150. The van der Waals surface area contributed by atoms with Gasteiger partial charge in [-0.05, 0) is 56.1 Å². The van der Waals surface area contributed by atoms with E-state index in [0.717, 1.165) is 60.8 Å². The Morgan fingerprint density at radius 2 is 1.89 bits per heavy atom. The second-order valence-electron chi connectivity index (χ2n) is 10.8. The first-order chi connectivity index (χ1) is 18.1. The molecule has 0 spiro atoms. The number of carbonyl (C=O) groups is 1. The first kappa shape index (κ1) is 24.1. The van der Waals surface area contributed by atoms with Crippen LogP contribution in [0.3, 0.4) is 0 Å². The number of ether oxygens (including phenoxy) is 2. The van der Waals surface area contributed by atoms with Crippen LogP contribution in [0.4, 0.5) is 11.5 Å². The summed E-state index contributed by atoms with van der Waals surface area (Å²) in [5, 5.41) is 9.05. The smallest absolute Gasteiger partial charge is 0.321 e. The van der Waals surface area contributed by atoms with Crippen molar-refractivity contribution in [2.24, 2.45) is 16.8 Å². The molecule has 6 rings (SSSR count). The fourth-order valence-corrected chi connectivity index (χ4v) is 6.25. The number of aliphatic imine (C=N–C) groups is 1. The average Bonchev–Trinajstić information content (AvgIpc) is 3.06. The van der Waals surface area contributed by atoms with Crippen LogP contribution in [-0.4, -0.2) is 51.6 Å². The fraction of sp³-hybridized carbons (Fsp3) is 0.607. The van der Waals surface area contributed by atoms with E-state index in [1.165, 1.54) is 32.1 Å². The number of rotatable bonds is 8. The Kier molecular flexibility index (Phi) is 6.93. The highest BCUT2D eigenvalue weighted by Crippen LogP contribution is 2.41. The van der Waals surface area contributed by atoms with Crippen LogP contribution in [0.25, 0.3) is 0 Å². The van der Waals surface area contributed by atoms with Gasteiger partial charge in [0.25, 0.3) is 0 Å². The van der Waals surface area contributed by atoms with Gasteiger partial charge < -0.3 is 19.5 Å². The normalized spacial score (nSPS) is 23.2. The van der Waals surface area contributed by atoms with Crippen molar-refractivity contribution >= 4 is 23.3 Å². The van der Waals surface area contributed by atoms with Gasteiger partial charge in [-0.15, -0.1) is 0 Å². The van der Waals surface area contributed by atoms with E-state index in [1.807, 2.05) is 6.20 Å². The summed E-state index contributed by atoms with van der Waals surface area (Å²) in [6.45, 7) is 1.76. The minimum atomic E-state index is -0.695. The van der Waals surface area contributed by atoms with Gasteiger partial charge >= 0.3 is 12.0 Å². The van der Waals surface area contributed by atoms with E-state index in [-0.39, 0.29) is 6.42 Å². The van der Waals surface area contributed by atoms with Gasteiger partial charge in [0.1, 0.15) is 12.2 Å². The molecule has 0 bridgehead atoms. The SMILES string of the molecule is O=C(O)CC1CCC(c2ccc(N3CCOc4nc(OCCC5CCCCC5)nc5c4C3=N5)cn2)CC1. The number of hydrogen-bond donors (Lipinski definition) is 1. The van der Waals surface area contributed by atoms with Gasteiger partial charge in [-0.1, -0.05) is 32.1 Å². The predicted molar refractivity (Wildman–Crippen MR) is 139 cm³/mol. The van der Waals surface area contributed by atoms with E-state index in [1.54, 1.807) is 0 Å². The standard InChI is InChI=1S/C28H35N5O4/c34-23(35)16-19-6-8-20(9-7-19)22-11-10-21(17-29-22)33-13-15-36-27-24-25(30-26(24)33)31-28(32-27)37-14-12-18-4-2-1-3-5-18/h10-11,17-20H,1-9,12-16H2,(H,34,35). The van der Waals surface area contributed by atoms with Crippen LogP contribution in [0, 0.1) is 11.8 Å². The fourth-order valence-electron chi connectivity index (χ4n) is 6.25. The third-order valence-corrected chi connectivity index (χ3v) is 8.37. The molecular weight excluding hydrogens is 470 g/mol. The molecule has 37 heavy (non-hydrogen) atoms. The quantitative estimate of drug-likeness (QED) is 0.517. The van der Waals surface area contributed by atoms with Crippen LogP contribution in [0.1, 0.15) is 87.8 Å². The lowest BCUT2D eigenvalue weighted by Gasteiger charge is -2.29. The Hall–Kier alpha value is -3.23. The zero-order valence-corrected chi connectivity index (χ0v) is 21.3. The van der Waals surface area contributed by atoms with E-state index in [4.69, 9.17) is 24.6 Å². The summed E-state index contributed by atoms with van der Waals surface area (Å²) in [6.07, 6.45) is 13.8. The zero-order valence-electron chi connectivity index (χ0n) is 21.3. The molecule has 0 amide bonds. The van der Waals surface area contributed by atoms with Gasteiger partial charge in [-0.2, -0.15) is 9.97 Å². The molecule has 196 valence electrons. The van der Waals surface area contributed by atoms with Crippen molar-refractivity contribution in [3.63, 3.8) is 0 Å². The van der Waals surface area contributed by atoms with Crippen molar-refractivity contribution in [3.05, 3.63) is 29.6 Å². The summed E-state index contributed by atoms with van der Waals surface area (Å²) in [6, 6.07) is 4.55. The lowest BCUT2D eigenvalue weighted by Crippen LogP contribution is -2.36. The van der Waals surface area contributed by atoms with Crippen LogP contribution in [0.5, 0.6) is 11.9 Å². The summed E-state index contributed by atoms with van der Waals surface area (Å²) in [4.78, 5) is 31.7. The van der Waals surface area contributed by atoms with Crippen molar-refractivity contribution < 1.29 is 19.4 Å². The molecule has 2 saturated carbocycles. The number of pyridine rings is 1. The molecule has 2 fully saturated rings. The highest BCUT2D eigenvalue weighted by Gasteiger charge is 2.35. The summed E-state index contributed by atoms with van der Waals surface area (Å²) < 4.78 is 11.9. The number of carboxylic acid groups (broad SMARTS) is 1. The molecule has 2 aromatic rings. The molecule has 0 radical (unpaired) electrons. The second-order valence-corrected chi connectivity index (χ2v) is 10.8. The Morgan fingerprint density at radius 1 is 1.05 bits per heavy atom. The van der Waals surface area contributed by atoms with Gasteiger partial charge in [-0.3, -0.25) is 9.78 Å². The number of anilines is 1. The molecule has 9 nitrogen and oxygen atoms in total. The maximum Gasteiger partial charge on any atom is 0.321 e. The number of aliphatic carboxylic acids is 1. The van der Waals surface area contributed by atoms with Crippen LogP contribution < -0.4 is 14.4 Å². The first-order valence-corrected chi connectivity index (χ1v) is 13.9. The lowest BCUT2D eigenvalue weighted by molar-refractivity contribution is -0.138. The second kappa shape index (κ2) is 10.6. The lowest BCUT2D eigenvalue weighted by atomic mass is 9.79. The van der Waals surface area contributed by atoms with Gasteiger partial charge in [-0.25, -0.2) is 4.99 Å². The minimum Gasteiger partial charge on any atom is -0.481 e. The highest BCUT2D eigenvalue weighted by molar-refractivity contribution is 6.20. The Morgan fingerprint density at radius 3 is 2.65 bits per heavy atom. The molecule has 1 N–H and O–H groups in total. The van der Waals surface area contributed by atoms with Crippen molar-refractivity contribution in [2.75, 3.05) is 24.7 Å². The molecular formula is C28H35N5O4. The summed E-state index contributed by atoms with van der Waals surface area (Å²) in [5.74, 6) is 2.74. The highest BCUT2D eigenvalue weighted by atomic mass is 16.5. The monoisotopic (exact) mass is 505 g/mol. The van der Waals surface area contributed by atoms with E-state index in [0.29, 0.717) is 49.3 Å². The van der Waals surface area contributed by atoms with Gasteiger partial charge in [0, 0.05) is 18.0 Å². The van der Waals surface area contributed by atoms with Crippen molar-refractivity contribution in [1.29, 1.82) is 0 Å². The van der Waals surface area contributed by atoms with Gasteiger partial charge in [0.15, 0.2) is 11.7 Å². The summed E-state index contributed by atoms with van der Waals surface area (Å²) in [5.41, 5.74) is 2.90. The number of amidine groups is 1. The molecule has 2 aliphatic heterocycles. The average molecular weight is 506 g/mol. The van der Waals surface area contributed by atoms with Gasteiger partial charge in [0.2, 0.25) is 5.88 Å². The van der Waals surface area contributed by atoms with Gasteiger partial charge in [0.05, 0.1) is 25.0 Å². The Labute approximate surface area is 217 Å². The van der Waals surface area contributed by atoms with E-state index >= 15 is 0 Å². The molecule has 0 unspecified atom stereocenters. The Balaban J connectivity index is 1.09. The molecule has 2 aromatic heterocycles. The minimum absolute atomic E-state index is 0.277. The van der Waals surface area contributed by atoms with E-state index < -0.39 is 5.97 Å². The summed E-state index contributed by atoms with van der Waals surface area (Å²) in [7, 11) is 0. The van der Waals surface area contributed by atoms with E-state index in [2.05, 4.69) is 27.0 Å². The molecule has 9 heteroatoms. The number of aromatic nitrogens is 3. The predicted octanol–water partition coefficient (Wildman–Crippen LogP) is 5.26. The number of carboxylic acids is 1. The topological polar surface area (TPSA) is 110 Å². The van der Waals surface area contributed by atoms with E-state index in [9.17, 15) is 4.79 Å². The molecule has 0 aromatic carbocycles. The van der Waals surface area contributed by atoms with Crippen molar-refractivity contribution in [2.45, 2.75) is 76.5 Å². The van der Waals surface area contributed by atoms with Crippen LogP contribution >= 0.6 is 0 Å². The van der Waals surface area contributed by atoms with Crippen LogP contribution in [-0.2, 0) is 4.79 Å². The first-order valence-electron chi connectivity index (χ1n) is 13.9. The third kappa shape index (κ3) is 5.26. The molecule has 2 aliphatic carbocycles. The zero-order chi connectivity index (χ0) is 25.2. The molecule has 0 saturated heterocycles. The van der Waals surface area contributed by atoms with Crippen molar-refractivity contribution in [1.82, 2.24) is 15.0 Å². The maximum absolute atomic E-state index is 11.0. The molecule has 4 aliphatic rings.